The van der Waals surface area contributed by atoms with Crippen LogP contribution in [0.4, 0.5) is 0 Å². The average molecular weight is 319 g/mol. The molecule has 0 spiro atoms. The summed E-state index contributed by atoms with van der Waals surface area (Å²) < 4.78 is 0. The Morgan fingerprint density at radius 2 is 1.67 bits per heavy atom. The van der Waals surface area contributed by atoms with Crippen LogP contribution in [0.15, 0.2) is 42.0 Å². The van der Waals surface area contributed by atoms with Crippen LogP contribution in [0.1, 0.15) is 39.6 Å². The highest BCUT2D eigenvalue weighted by Gasteiger charge is 2.37. The van der Waals surface area contributed by atoms with Gasteiger partial charge in [-0.3, -0.25) is 14.6 Å². The molecule has 0 amide bonds. The third-order valence-electron chi connectivity index (χ3n) is 4.52. The van der Waals surface area contributed by atoms with Gasteiger partial charge in [-0.15, -0.1) is 0 Å². The minimum atomic E-state index is -0.689. The Balaban J connectivity index is 1.93. The molecule has 1 atom stereocenters. The first kappa shape index (κ1) is 16.3. The van der Waals surface area contributed by atoms with E-state index in [4.69, 9.17) is 0 Å². The molecule has 0 radical (unpaired) electrons. The highest BCUT2D eigenvalue weighted by atomic mass is 16.2. The summed E-state index contributed by atoms with van der Waals surface area (Å²) in [6, 6.07) is 9.79. The molecule has 2 aromatic rings. The summed E-state index contributed by atoms with van der Waals surface area (Å²) in [5, 5.41) is 0. The number of carbonyl (C=O) groups excluding carboxylic acids is 2. The number of pyridine rings is 1. The number of ketones is 2. The largest absolute Gasteiger partial charge is 0.294 e. The third-order valence-corrected chi connectivity index (χ3v) is 4.52. The molecule has 0 bridgehead atoms. The van der Waals surface area contributed by atoms with Crippen LogP contribution in [0.2, 0.25) is 0 Å². The van der Waals surface area contributed by atoms with Crippen molar-refractivity contribution in [3.63, 3.8) is 0 Å². The molecule has 0 saturated carbocycles. The van der Waals surface area contributed by atoms with E-state index in [1.165, 1.54) is 6.08 Å². The molecule has 0 N–H and O–H groups in total. The van der Waals surface area contributed by atoms with Crippen molar-refractivity contribution >= 4 is 11.6 Å². The fourth-order valence-electron chi connectivity index (χ4n) is 3.59. The number of nitrogens with zero attached hydrogens (tertiary/aromatic N) is 1. The second kappa shape index (κ2) is 6.16. The Hall–Kier alpha value is -2.55. The molecular weight excluding hydrogens is 298 g/mol. The summed E-state index contributed by atoms with van der Waals surface area (Å²) in [5.74, 6) is -0.888. The molecule has 0 saturated heterocycles. The first-order valence-electron chi connectivity index (χ1n) is 8.15. The van der Waals surface area contributed by atoms with Gasteiger partial charge in [-0.05, 0) is 62.6 Å². The summed E-state index contributed by atoms with van der Waals surface area (Å²) in [7, 11) is 0. The monoisotopic (exact) mass is 319 g/mol. The van der Waals surface area contributed by atoms with Crippen molar-refractivity contribution in [3.05, 3.63) is 75.6 Å². The van der Waals surface area contributed by atoms with E-state index in [2.05, 4.69) is 4.98 Å². The van der Waals surface area contributed by atoms with Gasteiger partial charge >= 0.3 is 0 Å². The van der Waals surface area contributed by atoms with E-state index in [9.17, 15) is 9.59 Å². The molecule has 0 fully saturated rings. The van der Waals surface area contributed by atoms with E-state index < -0.39 is 5.92 Å². The quantitative estimate of drug-likeness (QED) is 0.810. The van der Waals surface area contributed by atoms with Gasteiger partial charge in [-0.25, -0.2) is 0 Å². The maximum atomic E-state index is 12.9. The average Bonchev–Trinajstić information content (AvgIpc) is 2.74. The molecule has 3 rings (SSSR count). The van der Waals surface area contributed by atoms with Crippen LogP contribution >= 0.6 is 0 Å². The number of allylic oxidation sites excluding steroid dienone is 2. The second-order valence-electron chi connectivity index (χ2n) is 6.63. The molecule has 1 aliphatic rings. The van der Waals surface area contributed by atoms with E-state index >= 15 is 0 Å². The molecule has 0 aliphatic heterocycles. The summed E-state index contributed by atoms with van der Waals surface area (Å²) in [5.41, 5.74) is 6.29. The molecule has 24 heavy (non-hydrogen) atoms. The minimum Gasteiger partial charge on any atom is -0.294 e. The number of aryl methyl sites for hydroxylation is 4. The van der Waals surface area contributed by atoms with Gasteiger partial charge in [0.05, 0.1) is 0 Å². The zero-order valence-electron chi connectivity index (χ0n) is 14.5. The maximum absolute atomic E-state index is 12.9. The van der Waals surface area contributed by atoms with Gasteiger partial charge in [0, 0.05) is 23.4 Å². The summed E-state index contributed by atoms with van der Waals surface area (Å²) in [6.45, 7) is 7.88. The second-order valence-corrected chi connectivity index (χ2v) is 6.63. The zero-order chi connectivity index (χ0) is 17.4. The highest BCUT2D eigenvalue weighted by Crippen LogP contribution is 2.34. The number of hydrogen-bond donors (Lipinski definition) is 0. The fraction of sp³-hybridized carbons (Fsp3) is 0.286. The van der Waals surface area contributed by atoms with Crippen molar-refractivity contribution in [1.29, 1.82) is 0 Å². The minimum absolute atomic E-state index is 0.0849. The topological polar surface area (TPSA) is 47.0 Å². The first-order chi connectivity index (χ1) is 11.4. The number of benzene rings is 1. The van der Waals surface area contributed by atoms with Gasteiger partial charge in [0.1, 0.15) is 5.92 Å². The van der Waals surface area contributed by atoms with Crippen molar-refractivity contribution in [3.8, 4) is 0 Å². The summed E-state index contributed by atoms with van der Waals surface area (Å²) >= 11 is 0. The van der Waals surface area contributed by atoms with Crippen LogP contribution in [0.25, 0.3) is 0 Å². The molecule has 3 heteroatoms. The van der Waals surface area contributed by atoms with Crippen LogP contribution in [0.3, 0.4) is 0 Å². The van der Waals surface area contributed by atoms with Crippen LogP contribution in [-0.4, -0.2) is 16.6 Å². The lowest BCUT2D eigenvalue weighted by molar-refractivity contribution is -0.122. The molecule has 1 heterocycles. The normalized spacial score (nSPS) is 17.3. The molecule has 1 aromatic heterocycles. The predicted molar refractivity (Wildman–Crippen MR) is 94.2 cm³/mol. The van der Waals surface area contributed by atoms with Gasteiger partial charge in [-0.2, -0.15) is 0 Å². The van der Waals surface area contributed by atoms with Crippen LogP contribution in [0, 0.1) is 27.7 Å². The van der Waals surface area contributed by atoms with Gasteiger partial charge < -0.3 is 0 Å². The van der Waals surface area contributed by atoms with Crippen LogP contribution in [-0.2, 0) is 16.0 Å². The first-order valence-corrected chi connectivity index (χ1v) is 8.15. The standard InChI is InChI=1S/C21H21NO2/c1-12-8-13(2)19(14(3)9-12)20-18(23)11-16(21(20)24)10-17-7-5-6-15(4)22-17/h5-9,11,20H,10H2,1-4H3. The predicted octanol–water partition coefficient (Wildman–Crippen LogP) is 3.72. The van der Waals surface area contributed by atoms with E-state index in [0.29, 0.717) is 12.0 Å². The summed E-state index contributed by atoms with van der Waals surface area (Å²) in [4.78, 5) is 29.8. The smallest absolute Gasteiger partial charge is 0.174 e. The van der Waals surface area contributed by atoms with E-state index in [0.717, 1.165) is 33.6 Å². The summed E-state index contributed by atoms with van der Waals surface area (Å²) in [6.07, 6.45) is 1.92. The molecular formula is C21H21NO2. The zero-order valence-corrected chi connectivity index (χ0v) is 14.5. The van der Waals surface area contributed by atoms with Crippen molar-refractivity contribution in [2.24, 2.45) is 0 Å². The van der Waals surface area contributed by atoms with Crippen molar-refractivity contribution in [2.75, 3.05) is 0 Å². The van der Waals surface area contributed by atoms with E-state index in [1.807, 2.05) is 58.0 Å². The van der Waals surface area contributed by atoms with Crippen LogP contribution in [0.5, 0.6) is 0 Å². The van der Waals surface area contributed by atoms with E-state index in [1.54, 1.807) is 0 Å². The Kier molecular flexibility index (Phi) is 4.18. The van der Waals surface area contributed by atoms with Gasteiger partial charge in [0.15, 0.2) is 11.6 Å². The Morgan fingerprint density at radius 3 is 2.29 bits per heavy atom. The molecule has 1 aromatic carbocycles. The van der Waals surface area contributed by atoms with Gasteiger partial charge in [-0.1, -0.05) is 23.8 Å². The molecule has 1 aliphatic carbocycles. The highest BCUT2D eigenvalue weighted by molar-refractivity contribution is 6.25. The van der Waals surface area contributed by atoms with Gasteiger partial charge in [0.2, 0.25) is 0 Å². The SMILES string of the molecule is Cc1cc(C)c(C2C(=O)C=C(Cc3cccc(C)n3)C2=O)c(C)c1. The Morgan fingerprint density at radius 1 is 1.00 bits per heavy atom. The number of Topliss-reactive ketones (excluding diaryl/α,β-unsaturated/α-hetero) is 1. The number of hydrogen-bond acceptors (Lipinski definition) is 3. The molecule has 122 valence electrons. The van der Waals surface area contributed by atoms with Crippen molar-refractivity contribution < 1.29 is 9.59 Å². The van der Waals surface area contributed by atoms with Crippen molar-refractivity contribution in [1.82, 2.24) is 4.98 Å². The lowest BCUT2D eigenvalue weighted by atomic mass is 9.85. The van der Waals surface area contributed by atoms with Crippen molar-refractivity contribution in [2.45, 2.75) is 40.0 Å². The third kappa shape index (κ3) is 2.94. The van der Waals surface area contributed by atoms with Crippen LogP contribution < -0.4 is 0 Å². The Bertz CT molecular complexity index is 854. The lowest BCUT2D eigenvalue weighted by Gasteiger charge is -2.16. The molecule has 3 nitrogen and oxygen atoms in total. The maximum Gasteiger partial charge on any atom is 0.174 e. The number of rotatable bonds is 3. The fourth-order valence-corrected chi connectivity index (χ4v) is 3.59. The number of carbonyl (C=O) groups is 2. The molecule has 1 unspecified atom stereocenters. The van der Waals surface area contributed by atoms with Gasteiger partial charge in [0.25, 0.3) is 0 Å². The lowest BCUT2D eigenvalue weighted by Crippen LogP contribution is -2.18. The van der Waals surface area contributed by atoms with E-state index in [-0.39, 0.29) is 11.6 Å². The Labute approximate surface area is 142 Å². The number of aromatic nitrogens is 1.